The monoisotopic (exact) mass is 376 g/mol. The third-order valence-corrected chi connectivity index (χ3v) is 5.37. The average molecular weight is 376 g/mol. The maximum atomic E-state index is 12.7. The Bertz CT molecular complexity index is 654. The standard InChI is InChI=1S/C18H28N6O3/c1-14-3-2-6-23(10-14)18(27)15-4-7-22(8-5-15)17(26)9-20-16(25)11-24-13-19-12-21-24/h12-15H,2-11H2,1H3,(H,20,25). The molecule has 1 N–H and O–H groups in total. The molecule has 1 aromatic heterocycles. The molecular formula is C18H28N6O3. The van der Waals surface area contributed by atoms with Crippen molar-refractivity contribution >= 4 is 17.7 Å². The smallest absolute Gasteiger partial charge is 0.242 e. The largest absolute Gasteiger partial charge is 0.345 e. The molecule has 1 aromatic rings. The molecule has 27 heavy (non-hydrogen) atoms. The van der Waals surface area contributed by atoms with Crippen LogP contribution in [0.3, 0.4) is 0 Å². The molecule has 1 atom stereocenters. The minimum atomic E-state index is -0.280. The summed E-state index contributed by atoms with van der Waals surface area (Å²) in [5.74, 6) is 0.444. The van der Waals surface area contributed by atoms with Crippen molar-refractivity contribution in [1.82, 2.24) is 29.9 Å². The fourth-order valence-electron chi connectivity index (χ4n) is 3.83. The highest BCUT2D eigenvalue weighted by Crippen LogP contribution is 2.23. The number of likely N-dealkylation sites (tertiary alicyclic amines) is 2. The number of aromatic nitrogens is 3. The molecule has 0 aliphatic carbocycles. The molecule has 2 saturated heterocycles. The predicted molar refractivity (Wildman–Crippen MR) is 97.3 cm³/mol. The van der Waals surface area contributed by atoms with Crippen molar-refractivity contribution in [2.75, 3.05) is 32.7 Å². The zero-order valence-corrected chi connectivity index (χ0v) is 15.8. The van der Waals surface area contributed by atoms with E-state index in [2.05, 4.69) is 22.3 Å². The van der Waals surface area contributed by atoms with Crippen molar-refractivity contribution < 1.29 is 14.4 Å². The van der Waals surface area contributed by atoms with Gasteiger partial charge in [-0.25, -0.2) is 9.67 Å². The number of carbonyl (C=O) groups is 3. The molecule has 0 spiro atoms. The second kappa shape index (κ2) is 8.96. The summed E-state index contributed by atoms with van der Waals surface area (Å²) in [6.07, 6.45) is 6.48. The molecule has 0 saturated carbocycles. The third-order valence-electron chi connectivity index (χ3n) is 5.37. The normalized spacial score (nSPS) is 21.1. The molecule has 3 rings (SSSR count). The fourth-order valence-corrected chi connectivity index (χ4v) is 3.83. The van der Waals surface area contributed by atoms with Gasteiger partial charge in [0, 0.05) is 32.1 Å². The molecule has 9 heteroatoms. The third kappa shape index (κ3) is 5.27. The Morgan fingerprint density at radius 1 is 1.11 bits per heavy atom. The van der Waals surface area contributed by atoms with Crippen molar-refractivity contribution in [2.45, 2.75) is 39.2 Å². The summed E-state index contributed by atoms with van der Waals surface area (Å²) in [6.45, 7) is 5.05. The van der Waals surface area contributed by atoms with Gasteiger partial charge in [0.2, 0.25) is 17.7 Å². The zero-order chi connectivity index (χ0) is 19.2. The number of carbonyl (C=O) groups excluding carboxylic acids is 3. The number of rotatable bonds is 5. The van der Waals surface area contributed by atoms with E-state index >= 15 is 0 Å². The van der Waals surface area contributed by atoms with Crippen LogP contribution in [-0.2, 0) is 20.9 Å². The Labute approximate surface area is 159 Å². The Morgan fingerprint density at radius 2 is 1.89 bits per heavy atom. The molecular weight excluding hydrogens is 348 g/mol. The van der Waals surface area contributed by atoms with Gasteiger partial charge in [-0.15, -0.1) is 0 Å². The second-order valence-corrected chi connectivity index (χ2v) is 7.56. The predicted octanol–water partition coefficient (Wildman–Crippen LogP) is -0.109. The van der Waals surface area contributed by atoms with E-state index in [9.17, 15) is 14.4 Å². The fraction of sp³-hybridized carbons (Fsp3) is 0.722. The van der Waals surface area contributed by atoms with Gasteiger partial charge in [0.25, 0.3) is 0 Å². The molecule has 148 valence electrons. The Kier molecular flexibility index (Phi) is 6.41. The lowest BCUT2D eigenvalue weighted by Gasteiger charge is -2.37. The maximum Gasteiger partial charge on any atom is 0.242 e. The maximum absolute atomic E-state index is 12.7. The van der Waals surface area contributed by atoms with E-state index in [1.165, 1.54) is 23.8 Å². The van der Waals surface area contributed by atoms with E-state index < -0.39 is 0 Å². The molecule has 3 heterocycles. The Morgan fingerprint density at radius 3 is 2.56 bits per heavy atom. The molecule has 0 bridgehead atoms. The van der Waals surface area contributed by atoms with E-state index in [1.807, 2.05) is 4.90 Å². The summed E-state index contributed by atoms with van der Waals surface area (Å²) >= 11 is 0. The first-order valence-corrected chi connectivity index (χ1v) is 9.68. The summed E-state index contributed by atoms with van der Waals surface area (Å²) in [4.78, 5) is 44.3. The summed E-state index contributed by atoms with van der Waals surface area (Å²) in [5, 5.41) is 6.47. The van der Waals surface area contributed by atoms with Crippen LogP contribution in [0.4, 0.5) is 0 Å². The summed E-state index contributed by atoms with van der Waals surface area (Å²) in [6, 6.07) is 0. The molecule has 2 aliphatic rings. The first-order valence-electron chi connectivity index (χ1n) is 9.68. The van der Waals surface area contributed by atoms with E-state index in [4.69, 9.17) is 0 Å². The molecule has 0 aromatic carbocycles. The minimum Gasteiger partial charge on any atom is -0.345 e. The lowest BCUT2D eigenvalue weighted by molar-refractivity contribution is -0.142. The van der Waals surface area contributed by atoms with Gasteiger partial charge in [0.1, 0.15) is 19.2 Å². The molecule has 2 aliphatic heterocycles. The number of hydrogen-bond donors (Lipinski definition) is 1. The molecule has 3 amide bonds. The van der Waals surface area contributed by atoms with Crippen molar-refractivity contribution in [3.8, 4) is 0 Å². The van der Waals surface area contributed by atoms with Crippen molar-refractivity contribution in [3.63, 3.8) is 0 Å². The van der Waals surface area contributed by atoms with E-state index in [0.717, 1.165) is 19.5 Å². The first kappa shape index (κ1) is 19.3. The molecule has 9 nitrogen and oxygen atoms in total. The van der Waals surface area contributed by atoms with Crippen LogP contribution in [0.5, 0.6) is 0 Å². The topological polar surface area (TPSA) is 100 Å². The van der Waals surface area contributed by atoms with E-state index in [1.54, 1.807) is 4.90 Å². The van der Waals surface area contributed by atoms with Crippen LogP contribution in [0, 0.1) is 11.8 Å². The van der Waals surface area contributed by atoms with Crippen molar-refractivity contribution in [3.05, 3.63) is 12.7 Å². The van der Waals surface area contributed by atoms with Gasteiger partial charge in [-0.2, -0.15) is 5.10 Å². The number of amides is 3. The van der Waals surface area contributed by atoms with Crippen LogP contribution in [0.2, 0.25) is 0 Å². The van der Waals surface area contributed by atoms with Crippen LogP contribution < -0.4 is 5.32 Å². The quantitative estimate of drug-likeness (QED) is 0.773. The number of hydrogen-bond acceptors (Lipinski definition) is 5. The summed E-state index contributed by atoms with van der Waals surface area (Å²) in [7, 11) is 0. The molecule has 0 radical (unpaired) electrons. The SMILES string of the molecule is CC1CCCN(C(=O)C2CCN(C(=O)CNC(=O)Cn3cncn3)CC2)C1. The van der Waals surface area contributed by atoms with Crippen molar-refractivity contribution in [2.24, 2.45) is 11.8 Å². The van der Waals surface area contributed by atoms with Crippen molar-refractivity contribution in [1.29, 1.82) is 0 Å². The lowest BCUT2D eigenvalue weighted by atomic mass is 9.92. The summed E-state index contributed by atoms with van der Waals surface area (Å²) < 4.78 is 1.40. The van der Waals surface area contributed by atoms with Crippen LogP contribution in [0.15, 0.2) is 12.7 Å². The summed E-state index contributed by atoms with van der Waals surface area (Å²) in [5.41, 5.74) is 0. The zero-order valence-electron chi connectivity index (χ0n) is 15.8. The highest BCUT2D eigenvalue weighted by Gasteiger charge is 2.31. The Hall–Kier alpha value is -2.45. The molecule has 1 unspecified atom stereocenters. The average Bonchev–Trinajstić information content (AvgIpc) is 3.18. The highest BCUT2D eigenvalue weighted by molar-refractivity contribution is 5.85. The highest BCUT2D eigenvalue weighted by atomic mass is 16.2. The van der Waals surface area contributed by atoms with Crippen LogP contribution in [0.25, 0.3) is 0 Å². The second-order valence-electron chi connectivity index (χ2n) is 7.56. The number of nitrogens with one attached hydrogen (secondary N) is 1. The van der Waals surface area contributed by atoms with Crippen LogP contribution in [0.1, 0.15) is 32.6 Å². The number of piperidine rings is 2. The first-order chi connectivity index (χ1) is 13.0. The lowest BCUT2D eigenvalue weighted by Crippen LogP contribution is -2.48. The van der Waals surface area contributed by atoms with E-state index in [0.29, 0.717) is 31.8 Å². The van der Waals surface area contributed by atoms with Gasteiger partial charge >= 0.3 is 0 Å². The van der Waals surface area contributed by atoms with Gasteiger partial charge in [-0.1, -0.05) is 6.92 Å². The van der Waals surface area contributed by atoms with Gasteiger partial charge in [0.05, 0.1) is 6.54 Å². The van der Waals surface area contributed by atoms with Gasteiger partial charge in [-0.3, -0.25) is 14.4 Å². The van der Waals surface area contributed by atoms with Crippen LogP contribution in [-0.4, -0.2) is 75.0 Å². The van der Waals surface area contributed by atoms with Crippen LogP contribution >= 0.6 is 0 Å². The Balaban J connectivity index is 1.38. The van der Waals surface area contributed by atoms with Gasteiger partial charge < -0.3 is 15.1 Å². The van der Waals surface area contributed by atoms with Gasteiger partial charge in [0.15, 0.2) is 0 Å². The van der Waals surface area contributed by atoms with E-state index in [-0.39, 0.29) is 36.7 Å². The number of nitrogens with zero attached hydrogens (tertiary/aromatic N) is 5. The van der Waals surface area contributed by atoms with Gasteiger partial charge in [-0.05, 0) is 31.6 Å². The minimum absolute atomic E-state index is 0.0151. The molecule has 2 fully saturated rings.